The number of para-hydroxylation sites is 1. The zero-order valence-electron chi connectivity index (χ0n) is 12.2. The van der Waals surface area contributed by atoms with Crippen molar-refractivity contribution >= 4 is 24.8 Å². The minimum absolute atomic E-state index is 0. The number of nitrogens with zero attached hydrogens (tertiary/aromatic N) is 1. The van der Waals surface area contributed by atoms with Crippen molar-refractivity contribution in [2.75, 3.05) is 26.2 Å². The van der Waals surface area contributed by atoms with Gasteiger partial charge in [-0.05, 0) is 19.4 Å². The molecule has 120 valence electrons. The van der Waals surface area contributed by atoms with Crippen LogP contribution < -0.4 is 5.32 Å². The van der Waals surface area contributed by atoms with E-state index in [1.54, 1.807) is 6.07 Å². The van der Waals surface area contributed by atoms with Crippen molar-refractivity contribution in [1.82, 2.24) is 10.2 Å². The SMILES string of the molecule is C=C(C)C[C@@H](c1cccc(O)c1O)N1CCNCC1.Cl.Cl. The molecule has 21 heavy (non-hydrogen) atoms. The summed E-state index contributed by atoms with van der Waals surface area (Å²) in [7, 11) is 0. The number of halogens is 2. The van der Waals surface area contributed by atoms with Crippen molar-refractivity contribution in [2.24, 2.45) is 0 Å². The van der Waals surface area contributed by atoms with E-state index in [2.05, 4.69) is 16.8 Å². The van der Waals surface area contributed by atoms with E-state index in [1.165, 1.54) is 6.07 Å². The maximum Gasteiger partial charge on any atom is 0.162 e. The summed E-state index contributed by atoms with van der Waals surface area (Å²) in [4.78, 5) is 2.33. The van der Waals surface area contributed by atoms with Crippen LogP contribution in [0.1, 0.15) is 24.9 Å². The predicted octanol–water partition coefficient (Wildman–Crippen LogP) is 2.85. The number of aromatic hydroxyl groups is 2. The average molecular weight is 335 g/mol. The third-order valence-electron chi connectivity index (χ3n) is 3.54. The Morgan fingerprint density at radius 1 is 1.29 bits per heavy atom. The summed E-state index contributed by atoms with van der Waals surface area (Å²) < 4.78 is 0. The lowest BCUT2D eigenvalue weighted by Crippen LogP contribution is -2.45. The molecule has 2 rings (SSSR count). The third-order valence-corrected chi connectivity index (χ3v) is 3.54. The van der Waals surface area contributed by atoms with E-state index in [4.69, 9.17) is 0 Å². The van der Waals surface area contributed by atoms with E-state index in [0.717, 1.165) is 43.7 Å². The van der Waals surface area contributed by atoms with Crippen LogP contribution in [0.15, 0.2) is 30.4 Å². The molecule has 0 bridgehead atoms. The molecule has 1 aromatic carbocycles. The van der Waals surface area contributed by atoms with Gasteiger partial charge in [-0.2, -0.15) is 0 Å². The Balaban J connectivity index is 0.00000200. The van der Waals surface area contributed by atoms with Gasteiger partial charge in [0.05, 0.1) is 0 Å². The van der Waals surface area contributed by atoms with Crippen LogP contribution in [0.25, 0.3) is 0 Å². The van der Waals surface area contributed by atoms with Gasteiger partial charge in [-0.3, -0.25) is 4.90 Å². The molecule has 1 heterocycles. The third kappa shape index (κ3) is 5.08. The molecule has 0 amide bonds. The van der Waals surface area contributed by atoms with Gasteiger partial charge >= 0.3 is 0 Å². The van der Waals surface area contributed by atoms with Crippen LogP contribution in [0.4, 0.5) is 0 Å². The number of phenolic OH excluding ortho intramolecular Hbond substituents is 2. The van der Waals surface area contributed by atoms with E-state index < -0.39 is 0 Å². The number of hydrogen-bond donors (Lipinski definition) is 3. The Labute approximate surface area is 138 Å². The van der Waals surface area contributed by atoms with Crippen LogP contribution in [-0.2, 0) is 0 Å². The number of nitrogens with one attached hydrogen (secondary N) is 1. The molecule has 1 saturated heterocycles. The van der Waals surface area contributed by atoms with Crippen molar-refractivity contribution in [2.45, 2.75) is 19.4 Å². The monoisotopic (exact) mass is 334 g/mol. The van der Waals surface area contributed by atoms with Crippen LogP contribution in [0, 0.1) is 0 Å². The number of benzene rings is 1. The zero-order valence-corrected chi connectivity index (χ0v) is 13.8. The van der Waals surface area contributed by atoms with Gasteiger partial charge in [0.15, 0.2) is 11.5 Å². The fourth-order valence-electron chi connectivity index (χ4n) is 2.58. The molecule has 1 aliphatic heterocycles. The lowest BCUT2D eigenvalue weighted by atomic mass is 9.97. The standard InChI is InChI=1S/C15H22N2O2.2ClH/c1-11(2)10-13(17-8-6-16-7-9-17)12-4-3-5-14(18)15(12)19;;/h3-5,13,16,18-19H,1,6-10H2,2H3;2*1H/t13-;;/m0../s1. The summed E-state index contributed by atoms with van der Waals surface area (Å²) in [6.45, 7) is 9.75. The molecular weight excluding hydrogens is 311 g/mol. The largest absolute Gasteiger partial charge is 0.504 e. The molecule has 1 aromatic rings. The van der Waals surface area contributed by atoms with Gasteiger partial charge < -0.3 is 15.5 Å². The highest BCUT2D eigenvalue weighted by Crippen LogP contribution is 2.38. The highest BCUT2D eigenvalue weighted by Gasteiger charge is 2.25. The first kappa shape index (κ1) is 20.1. The maximum absolute atomic E-state index is 10.1. The molecular formula is C15H24Cl2N2O2. The number of piperazine rings is 1. The van der Waals surface area contributed by atoms with Gasteiger partial charge in [0, 0.05) is 37.8 Å². The molecule has 4 nitrogen and oxygen atoms in total. The van der Waals surface area contributed by atoms with Crippen molar-refractivity contribution in [3.8, 4) is 11.5 Å². The van der Waals surface area contributed by atoms with Crippen molar-refractivity contribution in [3.63, 3.8) is 0 Å². The Kier molecular flexibility index (Phi) is 8.74. The number of phenols is 2. The molecule has 0 radical (unpaired) electrons. The first-order valence-electron chi connectivity index (χ1n) is 6.69. The lowest BCUT2D eigenvalue weighted by molar-refractivity contribution is 0.169. The highest BCUT2D eigenvalue weighted by atomic mass is 35.5. The molecule has 6 heteroatoms. The normalized spacial score (nSPS) is 16.4. The summed E-state index contributed by atoms with van der Waals surface area (Å²) in [6.07, 6.45) is 0.789. The quantitative estimate of drug-likeness (QED) is 0.585. The van der Waals surface area contributed by atoms with Crippen LogP contribution >= 0.6 is 24.8 Å². The second-order valence-electron chi connectivity index (χ2n) is 5.18. The Morgan fingerprint density at radius 2 is 1.90 bits per heavy atom. The van der Waals surface area contributed by atoms with Crippen LogP contribution in [-0.4, -0.2) is 41.3 Å². The average Bonchev–Trinajstić information content (AvgIpc) is 2.40. The van der Waals surface area contributed by atoms with E-state index in [9.17, 15) is 10.2 Å². The van der Waals surface area contributed by atoms with Gasteiger partial charge in [-0.15, -0.1) is 31.4 Å². The fraction of sp³-hybridized carbons (Fsp3) is 0.467. The minimum Gasteiger partial charge on any atom is -0.504 e. The summed E-state index contributed by atoms with van der Waals surface area (Å²) in [5.41, 5.74) is 1.86. The molecule has 0 aliphatic carbocycles. The molecule has 1 fully saturated rings. The highest BCUT2D eigenvalue weighted by molar-refractivity contribution is 5.85. The summed E-state index contributed by atoms with van der Waals surface area (Å²) in [6, 6.07) is 5.24. The van der Waals surface area contributed by atoms with E-state index in [1.807, 2.05) is 13.0 Å². The molecule has 1 aliphatic rings. The minimum atomic E-state index is -0.0562. The maximum atomic E-state index is 10.1. The van der Waals surface area contributed by atoms with Crippen LogP contribution in [0.5, 0.6) is 11.5 Å². The van der Waals surface area contributed by atoms with Gasteiger partial charge in [0.25, 0.3) is 0 Å². The first-order chi connectivity index (χ1) is 9.09. The Morgan fingerprint density at radius 3 is 2.48 bits per heavy atom. The predicted molar refractivity (Wildman–Crippen MR) is 90.9 cm³/mol. The van der Waals surface area contributed by atoms with Gasteiger partial charge in [0.2, 0.25) is 0 Å². The fourth-order valence-corrected chi connectivity index (χ4v) is 2.58. The second kappa shape index (κ2) is 9.15. The summed E-state index contributed by atoms with van der Waals surface area (Å²) in [5, 5.41) is 23.1. The molecule has 0 unspecified atom stereocenters. The van der Waals surface area contributed by atoms with Crippen molar-refractivity contribution in [1.29, 1.82) is 0 Å². The summed E-state index contributed by atoms with van der Waals surface area (Å²) in [5.74, 6) is -0.0633. The molecule has 0 spiro atoms. The van der Waals surface area contributed by atoms with Gasteiger partial charge in [-0.25, -0.2) is 0 Å². The first-order valence-corrected chi connectivity index (χ1v) is 6.69. The Hall–Kier alpha value is -0.940. The second-order valence-corrected chi connectivity index (χ2v) is 5.18. The Bertz CT molecular complexity index is 463. The number of hydrogen-bond acceptors (Lipinski definition) is 4. The molecule has 1 atom stereocenters. The molecule has 0 saturated carbocycles. The smallest absolute Gasteiger partial charge is 0.162 e. The topological polar surface area (TPSA) is 55.7 Å². The van der Waals surface area contributed by atoms with E-state index >= 15 is 0 Å². The zero-order chi connectivity index (χ0) is 13.8. The van der Waals surface area contributed by atoms with Crippen molar-refractivity contribution in [3.05, 3.63) is 35.9 Å². The van der Waals surface area contributed by atoms with E-state index in [0.29, 0.717) is 0 Å². The number of rotatable bonds is 4. The van der Waals surface area contributed by atoms with Crippen LogP contribution in [0.2, 0.25) is 0 Å². The van der Waals surface area contributed by atoms with E-state index in [-0.39, 0.29) is 42.4 Å². The van der Waals surface area contributed by atoms with Crippen LogP contribution in [0.3, 0.4) is 0 Å². The van der Waals surface area contributed by atoms with Crippen molar-refractivity contribution < 1.29 is 10.2 Å². The summed E-state index contributed by atoms with van der Waals surface area (Å²) >= 11 is 0. The van der Waals surface area contributed by atoms with Gasteiger partial charge in [0.1, 0.15) is 0 Å². The molecule has 3 N–H and O–H groups in total. The molecule has 0 aromatic heterocycles. The van der Waals surface area contributed by atoms with Gasteiger partial charge in [-0.1, -0.05) is 17.7 Å². The lowest BCUT2D eigenvalue weighted by Gasteiger charge is -2.35.